The van der Waals surface area contributed by atoms with Gasteiger partial charge in [0.1, 0.15) is 5.82 Å². The van der Waals surface area contributed by atoms with Crippen LogP contribution in [-0.2, 0) is 7.05 Å². The molecular weight excluding hydrogens is 258 g/mol. The molecule has 1 aromatic heterocycles. The van der Waals surface area contributed by atoms with Crippen LogP contribution in [-0.4, -0.2) is 9.55 Å². The third-order valence-corrected chi connectivity index (χ3v) is 4.11. The predicted octanol–water partition coefficient (Wildman–Crippen LogP) is 4.25. The lowest BCUT2D eigenvalue weighted by molar-refractivity contribution is 0.868. The van der Waals surface area contributed by atoms with E-state index in [1.54, 1.807) is 0 Å². The van der Waals surface area contributed by atoms with E-state index in [1.807, 2.05) is 19.1 Å². The summed E-state index contributed by atoms with van der Waals surface area (Å²) in [6.07, 6.45) is 0. The van der Waals surface area contributed by atoms with Crippen molar-refractivity contribution in [2.45, 2.75) is 26.7 Å². The molecule has 2 N–H and O–H groups in total. The highest BCUT2D eigenvalue weighted by molar-refractivity contribution is 5.82. The zero-order chi connectivity index (χ0) is 15.1. The average Bonchev–Trinajstić information content (AvgIpc) is 2.78. The second-order valence-electron chi connectivity index (χ2n) is 5.97. The van der Waals surface area contributed by atoms with E-state index in [0.29, 0.717) is 5.92 Å². The van der Waals surface area contributed by atoms with Crippen LogP contribution in [0.2, 0.25) is 0 Å². The third kappa shape index (κ3) is 2.29. The Hall–Kier alpha value is -2.29. The van der Waals surface area contributed by atoms with Gasteiger partial charge in [-0.3, -0.25) is 0 Å². The SMILES string of the molecule is Cc1ccc(-c2nc3cc(C(C)C)ccc3n2C)cc1N. The van der Waals surface area contributed by atoms with Gasteiger partial charge in [0.25, 0.3) is 0 Å². The van der Waals surface area contributed by atoms with Gasteiger partial charge in [-0.2, -0.15) is 0 Å². The molecule has 0 radical (unpaired) electrons. The number of aryl methyl sites for hydroxylation is 2. The molecule has 3 nitrogen and oxygen atoms in total. The van der Waals surface area contributed by atoms with Crippen molar-refractivity contribution in [3.63, 3.8) is 0 Å². The number of nitrogens with two attached hydrogens (primary N) is 1. The molecule has 0 aliphatic rings. The van der Waals surface area contributed by atoms with E-state index >= 15 is 0 Å². The van der Waals surface area contributed by atoms with Crippen LogP contribution in [0.4, 0.5) is 5.69 Å². The van der Waals surface area contributed by atoms with E-state index < -0.39 is 0 Å². The van der Waals surface area contributed by atoms with Crippen molar-refractivity contribution < 1.29 is 0 Å². The quantitative estimate of drug-likeness (QED) is 0.712. The van der Waals surface area contributed by atoms with Crippen LogP contribution >= 0.6 is 0 Å². The molecule has 3 aromatic rings. The van der Waals surface area contributed by atoms with Crippen LogP contribution in [0.3, 0.4) is 0 Å². The van der Waals surface area contributed by atoms with Gasteiger partial charge in [-0.1, -0.05) is 32.0 Å². The number of imidazole rings is 1. The zero-order valence-corrected chi connectivity index (χ0v) is 13.0. The van der Waals surface area contributed by atoms with E-state index in [2.05, 4.69) is 49.7 Å². The number of hydrogen-bond donors (Lipinski definition) is 1. The smallest absolute Gasteiger partial charge is 0.140 e. The Labute approximate surface area is 125 Å². The molecular formula is C18H21N3. The van der Waals surface area contributed by atoms with Crippen LogP contribution in [0.5, 0.6) is 0 Å². The largest absolute Gasteiger partial charge is 0.398 e. The summed E-state index contributed by atoms with van der Waals surface area (Å²) in [6, 6.07) is 12.6. The van der Waals surface area contributed by atoms with Crippen LogP contribution in [0, 0.1) is 6.92 Å². The number of nitrogen functional groups attached to an aromatic ring is 1. The summed E-state index contributed by atoms with van der Waals surface area (Å²) in [5.41, 5.74) is 12.5. The molecule has 0 unspecified atom stereocenters. The first-order chi connectivity index (χ1) is 9.97. The summed E-state index contributed by atoms with van der Waals surface area (Å²) in [4.78, 5) is 4.80. The summed E-state index contributed by atoms with van der Waals surface area (Å²) in [5.74, 6) is 1.47. The fourth-order valence-electron chi connectivity index (χ4n) is 2.61. The van der Waals surface area contributed by atoms with Gasteiger partial charge >= 0.3 is 0 Å². The molecule has 0 amide bonds. The molecule has 0 atom stereocenters. The summed E-state index contributed by atoms with van der Waals surface area (Å²) in [5, 5.41) is 0. The number of anilines is 1. The van der Waals surface area contributed by atoms with Crippen LogP contribution < -0.4 is 5.73 Å². The summed E-state index contributed by atoms with van der Waals surface area (Å²) in [6.45, 7) is 6.42. The Kier molecular flexibility index (Phi) is 3.20. The van der Waals surface area contributed by atoms with E-state index in [1.165, 1.54) is 5.56 Å². The highest BCUT2D eigenvalue weighted by Crippen LogP contribution is 2.28. The van der Waals surface area contributed by atoms with Crippen molar-refractivity contribution in [1.82, 2.24) is 9.55 Å². The molecule has 0 spiro atoms. The van der Waals surface area contributed by atoms with Crippen molar-refractivity contribution in [1.29, 1.82) is 0 Å². The van der Waals surface area contributed by atoms with Crippen LogP contribution in [0.15, 0.2) is 36.4 Å². The number of hydrogen-bond acceptors (Lipinski definition) is 2. The normalized spacial score (nSPS) is 11.5. The molecule has 0 aliphatic carbocycles. The maximum absolute atomic E-state index is 6.03. The molecule has 3 heteroatoms. The molecule has 1 heterocycles. The second-order valence-corrected chi connectivity index (χ2v) is 5.97. The molecule has 0 saturated heterocycles. The minimum Gasteiger partial charge on any atom is -0.398 e. The summed E-state index contributed by atoms with van der Waals surface area (Å²) >= 11 is 0. The highest BCUT2D eigenvalue weighted by Gasteiger charge is 2.12. The molecule has 2 aromatic carbocycles. The Balaban J connectivity index is 2.18. The van der Waals surface area contributed by atoms with Gasteiger partial charge < -0.3 is 10.3 Å². The van der Waals surface area contributed by atoms with Crippen LogP contribution in [0.25, 0.3) is 22.4 Å². The first-order valence-electron chi connectivity index (χ1n) is 7.30. The Morgan fingerprint density at radius 2 is 1.86 bits per heavy atom. The average molecular weight is 279 g/mol. The van der Waals surface area contributed by atoms with Crippen molar-refractivity contribution in [2.75, 3.05) is 5.73 Å². The monoisotopic (exact) mass is 279 g/mol. The predicted molar refractivity (Wildman–Crippen MR) is 89.4 cm³/mol. The van der Waals surface area contributed by atoms with E-state index in [4.69, 9.17) is 10.7 Å². The standard InChI is InChI=1S/C18H21N3/c1-11(2)13-7-8-17-16(10-13)20-18(21(17)4)14-6-5-12(3)15(19)9-14/h5-11H,19H2,1-4H3. The van der Waals surface area contributed by atoms with E-state index in [-0.39, 0.29) is 0 Å². The number of aromatic nitrogens is 2. The summed E-state index contributed by atoms with van der Waals surface area (Å²) < 4.78 is 2.13. The molecule has 0 saturated carbocycles. The van der Waals surface area contributed by atoms with Gasteiger partial charge in [-0.25, -0.2) is 4.98 Å². The fraction of sp³-hybridized carbons (Fsp3) is 0.278. The van der Waals surface area contributed by atoms with Gasteiger partial charge in [0.15, 0.2) is 0 Å². The lowest BCUT2D eigenvalue weighted by Gasteiger charge is -2.06. The highest BCUT2D eigenvalue weighted by atomic mass is 15.1. The molecule has 0 fully saturated rings. The van der Waals surface area contributed by atoms with Crippen molar-refractivity contribution in [3.05, 3.63) is 47.5 Å². The van der Waals surface area contributed by atoms with Gasteiger partial charge in [0, 0.05) is 18.3 Å². The molecule has 0 bridgehead atoms. The van der Waals surface area contributed by atoms with Crippen LogP contribution in [0.1, 0.15) is 30.9 Å². The van der Waals surface area contributed by atoms with Gasteiger partial charge in [0.05, 0.1) is 11.0 Å². The number of benzene rings is 2. The molecule has 21 heavy (non-hydrogen) atoms. The first kappa shape index (κ1) is 13.7. The van der Waals surface area contributed by atoms with E-state index in [0.717, 1.165) is 33.7 Å². The third-order valence-electron chi connectivity index (χ3n) is 4.11. The Bertz CT molecular complexity index is 813. The molecule has 3 rings (SSSR count). The van der Waals surface area contributed by atoms with Crippen molar-refractivity contribution >= 4 is 16.7 Å². The minimum absolute atomic E-state index is 0.509. The number of fused-ring (bicyclic) bond motifs is 1. The van der Waals surface area contributed by atoms with Gasteiger partial charge in [-0.05, 0) is 42.2 Å². The zero-order valence-electron chi connectivity index (χ0n) is 13.0. The van der Waals surface area contributed by atoms with Gasteiger partial charge in [0.2, 0.25) is 0 Å². The fourth-order valence-corrected chi connectivity index (χ4v) is 2.61. The summed E-state index contributed by atoms with van der Waals surface area (Å²) in [7, 11) is 2.05. The molecule has 108 valence electrons. The minimum atomic E-state index is 0.509. The maximum atomic E-state index is 6.03. The second kappa shape index (κ2) is 4.92. The lowest BCUT2D eigenvalue weighted by atomic mass is 10.0. The Morgan fingerprint density at radius 1 is 1.10 bits per heavy atom. The number of nitrogens with zero attached hydrogens (tertiary/aromatic N) is 2. The lowest BCUT2D eigenvalue weighted by Crippen LogP contribution is -1.95. The molecule has 0 aliphatic heterocycles. The topological polar surface area (TPSA) is 43.8 Å². The van der Waals surface area contributed by atoms with E-state index in [9.17, 15) is 0 Å². The maximum Gasteiger partial charge on any atom is 0.140 e. The Morgan fingerprint density at radius 3 is 2.52 bits per heavy atom. The van der Waals surface area contributed by atoms with Gasteiger partial charge in [-0.15, -0.1) is 0 Å². The first-order valence-corrected chi connectivity index (χ1v) is 7.30. The van der Waals surface area contributed by atoms with Crippen molar-refractivity contribution in [2.24, 2.45) is 7.05 Å². The van der Waals surface area contributed by atoms with Crippen molar-refractivity contribution in [3.8, 4) is 11.4 Å². The number of rotatable bonds is 2.